The van der Waals surface area contributed by atoms with E-state index in [1.54, 1.807) is 6.92 Å². The van der Waals surface area contributed by atoms with Gasteiger partial charge >= 0.3 is 0 Å². The van der Waals surface area contributed by atoms with Crippen LogP contribution in [0.1, 0.15) is 17.3 Å². The lowest BCUT2D eigenvalue weighted by Gasteiger charge is -2.33. The van der Waals surface area contributed by atoms with Crippen molar-refractivity contribution in [2.24, 2.45) is 0 Å². The first kappa shape index (κ1) is 18.6. The number of amides is 1. The number of carbonyl (C=O) groups is 2. The molecule has 0 atom stereocenters. The third kappa shape index (κ3) is 4.71. The van der Waals surface area contributed by atoms with E-state index in [4.69, 9.17) is 0 Å². The maximum Gasteiger partial charge on any atom is 0.279 e. The first-order chi connectivity index (χ1) is 12.5. The minimum atomic E-state index is 0.0335. The Morgan fingerprint density at radius 2 is 1.73 bits per heavy atom. The minimum absolute atomic E-state index is 0.0335. The highest BCUT2D eigenvalue weighted by Gasteiger charge is 2.22. The number of piperazine rings is 1. The normalized spacial score (nSPS) is 14.9. The standard InChI is InChI=1S/C20H22BrN3O2/c1-15(25)16-6-8-17(9-7-16)24-12-10-23(11-13-24)14-20(26)22-19-5-3-2-4-18(19)21/h2-9H,10-14H2,1H3,(H,22,26)/p+1. The van der Waals surface area contributed by atoms with E-state index in [9.17, 15) is 9.59 Å². The molecule has 1 aliphatic heterocycles. The predicted octanol–water partition coefficient (Wildman–Crippen LogP) is 2.00. The lowest BCUT2D eigenvalue weighted by Crippen LogP contribution is -3.15. The number of hydrogen-bond donors (Lipinski definition) is 2. The molecular formula is C20H23BrN3O2+. The Hall–Kier alpha value is -2.18. The summed E-state index contributed by atoms with van der Waals surface area (Å²) in [5.74, 6) is 0.119. The summed E-state index contributed by atoms with van der Waals surface area (Å²) >= 11 is 3.45. The zero-order valence-electron chi connectivity index (χ0n) is 14.8. The summed E-state index contributed by atoms with van der Waals surface area (Å²) in [5, 5.41) is 2.97. The number of hydrogen-bond acceptors (Lipinski definition) is 3. The van der Waals surface area contributed by atoms with Gasteiger partial charge in [-0.25, -0.2) is 0 Å². The Kier molecular flexibility index (Phi) is 6.06. The highest BCUT2D eigenvalue weighted by Crippen LogP contribution is 2.20. The second-order valence-electron chi connectivity index (χ2n) is 6.54. The Bertz CT molecular complexity index is 784. The number of benzene rings is 2. The van der Waals surface area contributed by atoms with E-state index in [0.717, 1.165) is 47.6 Å². The van der Waals surface area contributed by atoms with Gasteiger partial charge in [0.15, 0.2) is 12.3 Å². The van der Waals surface area contributed by atoms with E-state index in [2.05, 4.69) is 26.1 Å². The van der Waals surface area contributed by atoms with Crippen LogP contribution in [-0.4, -0.2) is 44.4 Å². The lowest BCUT2D eigenvalue weighted by molar-refractivity contribution is -0.892. The summed E-state index contributed by atoms with van der Waals surface area (Å²) < 4.78 is 0.891. The van der Waals surface area contributed by atoms with Crippen molar-refractivity contribution >= 4 is 39.0 Å². The number of ketones is 1. The molecule has 3 rings (SSSR count). The molecule has 0 aliphatic carbocycles. The smallest absolute Gasteiger partial charge is 0.279 e. The van der Waals surface area contributed by atoms with Crippen molar-refractivity contribution in [3.05, 3.63) is 58.6 Å². The van der Waals surface area contributed by atoms with E-state index >= 15 is 0 Å². The van der Waals surface area contributed by atoms with Crippen molar-refractivity contribution in [3.8, 4) is 0 Å². The predicted molar refractivity (Wildman–Crippen MR) is 107 cm³/mol. The molecule has 2 N–H and O–H groups in total. The number of Topliss-reactive ketones (excluding diaryl/α,β-unsaturated/α-hetero) is 1. The van der Waals surface area contributed by atoms with Crippen molar-refractivity contribution in [2.45, 2.75) is 6.92 Å². The average molecular weight is 417 g/mol. The van der Waals surface area contributed by atoms with E-state index in [0.29, 0.717) is 6.54 Å². The highest BCUT2D eigenvalue weighted by atomic mass is 79.9. The second kappa shape index (κ2) is 8.47. The molecule has 2 aromatic rings. The van der Waals surface area contributed by atoms with Gasteiger partial charge < -0.3 is 15.1 Å². The summed E-state index contributed by atoms with van der Waals surface area (Å²) in [6.45, 7) is 5.68. The summed E-state index contributed by atoms with van der Waals surface area (Å²) in [4.78, 5) is 27.2. The third-order valence-electron chi connectivity index (χ3n) is 4.67. The summed E-state index contributed by atoms with van der Waals surface area (Å²) in [6.07, 6.45) is 0. The maximum absolute atomic E-state index is 12.3. The fourth-order valence-corrected chi connectivity index (χ4v) is 3.53. The van der Waals surface area contributed by atoms with Gasteiger partial charge in [0, 0.05) is 15.7 Å². The van der Waals surface area contributed by atoms with Crippen LogP contribution in [0.5, 0.6) is 0 Å². The number of nitrogens with one attached hydrogen (secondary N) is 2. The molecule has 1 saturated heterocycles. The van der Waals surface area contributed by atoms with E-state index in [-0.39, 0.29) is 11.7 Å². The summed E-state index contributed by atoms with van der Waals surface area (Å²) in [5.41, 5.74) is 2.68. The van der Waals surface area contributed by atoms with Crippen LogP contribution in [0.25, 0.3) is 0 Å². The van der Waals surface area contributed by atoms with Gasteiger partial charge in [0.05, 0.1) is 31.9 Å². The van der Waals surface area contributed by atoms with Crippen molar-refractivity contribution < 1.29 is 14.5 Å². The van der Waals surface area contributed by atoms with Gasteiger partial charge in [-0.2, -0.15) is 0 Å². The topological polar surface area (TPSA) is 53.9 Å². The number of rotatable bonds is 5. The van der Waals surface area contributed by atoms with Crippen LogP contribution in [-0.2, 0) is 4.79 Å². The molecule has 136 valence electrons. The molecular weight excluding hydrogens is 394 g/mol. The number of nitrogens with zero attached hydrogens (tertiary/aromatic N) is 1. The van der Waals surface area contributed by atoms with Gasteiger partial charge in [-0.3, -0.25) is 9.59 Å². The second-order valence-corrected chi connectivity index (χ2v) is 7.40. The zero-order chi connectivity index (χ0) is 18.5. The molecule has 0 saturated carbocycles. The Balaban J connectivity index is 1.49. The molecule has 0 bridgehead atoms. The number of para-hydroxylation sites is 1. The third-order valence-corrected chi connectivity index (χ3v) is 5.36. The Morgan fingerprint density at radius 3 is 2.35 bits per heavy atom. The minimum Gasteiger partial charge on any atom is -0.360 e. The van der Waals surface area contributed by atoms with Crippen LogP contribution in [0, 0.1) is 0 Å². The van der Waals surface area contributed by atoms with Crippen molar-refractivity contribution in [1.29, 1.82) is 0 Å². The highest BCUT2D eigenvalue weighted by molar-refractivity contribution is 9.10. The monoisotopic (exact) mass is 416 g/mol. The van der Waals surface area contributed by atoms with E-state index < -0.39 is 0 Å². The number of halogens is 1. The maximum atomic E-state index is 12.3. The van der Waals surface area contributed by atoms with Crippen LogP contribution in [0.4, 0.5) is 11.4 Å². The molecule has 0 aromatic heterocycles. The fourth-order valence-electron chi connectivity index (χ4n) is 3.15. The number of quaternary nitrogens is 1. The summed E-state index contributed by atoms with van der Waals surface area (Å²) in [7, 11) is 0. The molecule has 1 fully saturated rings. The number of anilines is 2. The van der Waals surface area contributed by atoms with Gasteiger partial charge in [0.1, 0.15) is 0 Å². The number of carbonyl (C=O) groups excluding carboxylic acids is 2. The lowest BCUT2D eigenvalue weighted by atomic mass is 10.1. The largest absolute Gasteiger partial charge is 0.360 e. The van der Waals surface area contributed by atoms with Gasteiger partial charge in [-0.1, -0.05) is 12.1 Å². The molecule has 26 heavy (non-hydrogen) atoms. The van der Waals surface area contributed by atoms with E-state index in [1.807, 2.05) is 48.5 Å². The molecule has 1 heterocycles. The van der Waals surface area contributed by atoms with Crippen LogP contribution < -0.4 is 15.1 Å². The molecule has 5 nitrogen and oxygen atoms in total. The zero-order valence-corrected chi connectivity index (χ0v) is 16.4. The fraction of sp³-hybridized carbons (Fsp3) is 0.300. The summed E-state index contributed by atoms with van der Waals surface area (Å²) in [6, 6.07) is 15.4. The molecule has 6 heteroatoms. The molecule has 0 spiro atoms. The molecule has 1 aliphatic rings. The van der Waals surface area contributed by atoms with Crippen LogP contribution in [0.15, 0.2) is 53.0 Å². The molecule has 2 aromatic carbocycles. The molecule has 1 amide bonds. The van der Waals surface area contributed by atoms with Crippen molar-refractivity contribution in [2.75, 3.05) is 42.9 Å². The van der Waals surface area contributed by atoms with Crippen LogP contribution in [0.2, 0.25) is 0 Å². The Labute approximate surface area is 162 Å². The van der Waals surface area contributed by atoms with Crippen LogP contribution in [0.3, 0.4) is 0 Å². The first-order valence-corrected chi connectivity index (χ1v) is 9.56. The average Bonchev–Trinajstić information content (AvgIpc) is 2.64. The molecule has 0 unspecified atom stereocenters. The quantitative estimate of drug-likeness (QED) is 0.732. The van der Waals surface area contributed by atoms with Gasteiger partial charge in [-0.05, 0) is 59.3 Å². The SMILES string of the molecule is CC(=O)c1ccc(N2CC[NH+](CC(=O)Nc3ccccc3Br)CC2)cc1. The first-order valence-electron chi connectivity index (χ1n) is 8.77. The van der Waals surface area contributed by atoms with Crippen molar-refractivity contribution in [3.63, 3.8) is 0 Å². The van der Waals surface area contributed by atoms with Gasteiger partial charge in [-0.15, -0.1) is 0 Å². The molecule has 0 radical (unpaired) electrons. The van der Waals surface area contributed by atoms with Crippen LogP contribution >= 0.6 is 15.9 Å². The van der Waals surface area contributed by atoms with Crippen molar-refractivity contribution in [1.82, 2.24) is 0 Å². The van der Waals surface area contributed by atoms with Gasteiger partial charge in [0.2, 0.25) is 0 Å². The Morgan fingerprint density at radius 1 is 1.08 bits per heavy atom. The van der Waals surface area contributed by atoms with Gasteiger partial charge in [0.25, 0.3) is 5.91 Å². The van der Waals surface area contributed by atoms with E-state index in [1.165, 1.54) is 4.90 Å².